The molecule has 0 aliphatic carbocycles. The number of aliphatic hydroxyl groups is 1. The number of hydrogen-bond donors (Lipinski definition) is 1. The van der Waals surface area contributed by atoms with Gasteiger partial charge in [0.05, 0.1) is 30.8 Å². The second-order valence-corrected chi connectivity index (χ2v) is 11.5. The Hall–Kier alpha value is -3.49. The van der Waals surface area contributed by atoms with E-state index in [2.05, 4.69) is 13.2 Å². The third-order valence-corrected chi connectivity index (χ3v) is 9.27. The topological polar surface area (TPSA) is 96.4 Å². The van der Waals surface area contributed by atoms with Gasteiger partial charge in [-0.3, -0.25) is 14.4 Å². The average Bonchev–Trinajstić information content (AvgIpc) is 3.60. The number of carbonyl (C=O) groups is 3. The molecular formula is C33H40N2O6. The molecule has 0 saturated carbocycles. The number of hydrogen-bond acceptors (Lipinski definition) is 6. The number of rotatable bonds is 12. The summed E-state index contributed by atoms with van der Waals surface area (Å²) in [6.07, 6.45) is 6.30. The Balaban J connectivity index is 1.57. The zero-order valence-corrected chi connectivity index (χ0v) is 24.0. The molecule has 3 heterocycles. The Kier molecular flexibility index (Phi) is 8.08. The summed E-state index contributed by atoms with van der Waals surface area (Å²) in [7, 11) is 0. The summed E-state index contributed by atoms with van der Waals surface area (Å²) in [5.41, 5.74) is -1.41. The molecule has 8 heteroatoms. The standard InChI is InChI=1S/C33H40N2O6/c1-5-8-11-19-40-31(39)27-26-29(37)35(22(4)21-36)28(33(26)17-16-32(27,7-3)41-33)30(38)34(18-6-2)25-15-14-23-12-9-10-13-24(23)20-25/h5-6,9-10,12-15,20,22,26-28,36H,1-2,7-8,11,16-19,21H2,3-4H3/t22-,26+,27-,28?,32+,33?/m1/s1. The van der Waals surface area contributed by atoms with E-state index in [1.54, 1.807) is 24.0 Å². The van der Waals surface area contributed by atoms with Crippen LogP contribution in [0.15, 0.2) is 67.8 Å². The molecule has 2 aromatic carbocycles. The largest absolute Gasteiger partial charge is 0.465 e. The van der Waals surface area contributed by atoms with E-state index in [0.29, 0.717) is 37.8 Å². The van der Waals surface area contributed by atoms with E-state index in [-0.39, 0.29) is 31.6 Å². The Labute approximate surface area is 241 Å². The lowest BCUT2D eigenvalue weighted by molar-refractivity contribution is -0.162. The van der Waals surface area contributed by atoms with Gasteiger partial charge in [0.2, 0.25) is 5.91 Å². The SMILES string of the molecule is C=CCCCOC(=O)[C@H]1[C@H]2C(=O)N([C@H](C)CO)C(C(=O)N(CC=C)c3ccc4ccccc4c3)C23CC[C@]1(CC)O3. The number of nitrogens with zero attached hydrogens (tertiary/aromatic N) is 2. The highest BCUT2D eigenvalue weighted by Crippen LogP contribution is 2.64. The van der Waals surface area contributed by atoms with Gasteiger partial charge < -0.3 is 24.4 Å². The molecule has 2 bridgehead atoms. The van der Waals surface area contributed by atoms with E-state index in [1.165, 1.54) is 4.90 Å². The number of esters is 1. The first-order valence-electron chi connectivity index (χ1n) is 14.6. The van der Waals surface area contributed by atoms with E-state index in [4.69, 9.17) is 9.47 Å². The quantitative estimate of drug-likeness (QED) is 0.235. The highest BCUT2D eigenvalue weighted by atomic mass is 16.6. The molecule has 3 fully saturated rings. The molecule has 3 aliphatic heterocycles. The van der Waals surface area contributed by atoms with Gasteiger partial charge in [0, 0.05) is 12.2 Å². The molecule has 2 amide bonds. The lowest BCUT2D eigenvalue weighted by Gasteiger charge is -2.38. The summed E-state index contributed by atoms with van der Waals surface area (Å²) >= 11 is 0. The maximum Gasteiger partial charge on any atom is 0.312 e. The van der Waals surface area contributed by atoms with Crippen LogP contribution in [-0.2, 0) is 23.9 Å². The maximum atomic E-state index is 14.7. The Morgan fingerprint density at radius 3 is 2.63 bits per heavy atom. The third kappa shape index (κ3) is 4.57. The molecule has 0 aromatic heterocycles. The first kappa shape index (κ1) is 29.0. The molecule has 2 unspecified atom stereocenters. The van der Waals surface area contributed by atoms with Gasteiger partial charge in [0.15, 0.2) is 0 Å². The van der Waals surface area contributed by atoms with Crippen LogP contribution in [0.25, 0.3) is 10.8 Å². The van der Waals surface area contributed by atoms with Crippen molar-refractivity contribution in [3.8, 4) is 0 Å². The van der Waals surface area contributed by atoms with Crippen molar-refractivity contribution in [2.45, 2.75) is 69.2 Å². The van der Waals surface area contributed by atoms with Crippen molar-refractivity contribution in [2.24, 2.45) is 11.8 Å². The zero-order chi connectivity index (χ0) is 29.4. The summed E-state index contributed by atoms with van der Waals surface area (Å²) in [6, 6.07) is 12.0. The zero-order valence-electron chi connectivity index (χ0n) is 24.0. The first-order valence-corrected chi connectivity index (χ1v) is 14.6. The summed E-state index contributed by atoms with van der Waals surface area (Å²) in [6.45, 7) is 11.4. The fraction of sp³-hybridized carbons (Fsp3) is 0.485. The number of fused-ring (bicyclic) bond motifs is 2. The summed E-state index contributed by atoms with van der Waals surface area (Å²) < 4.78 is 12.5. The van der Waals surface area contributed by atoms with Crippen LogP contribution in [-0.4, -0.2) is 70.8 Å². The Morgan fingerprint density at radius 2 is 1.95 bits per heavy atom. The van der Waals surface area contributed by atoms with E-state index >= 15 is 0 Å². The molecule has 41 heavy (non-hydrogen) atoms. The number of anilines is 1. The number of aliphatic hydroxyl groups excluding tert-OH is 1. The number of ether oxygens (including phenoxy) is 2. The number of amides is 2. The van der Waals surface area contributed by atoms with Crippen LogP contribution in [0.4, 0.5) is 5.69 Å². The van der Waals surface area contributed by atoms with Crippen molar-refractivity contribution in [1.29, 1.82) is 0 Å². The minimum absolute atomic E-state index is 0.220. The van der Waals surface area contributed by atoms with Crippen LogP contribution in [0.3, 0.4) is 0 Å². The van der Waals surface area contributed by atoms with Crippen LogP contribution in [0.5, 0.6) is 0 Å². The lowest BCUT2D eigenvalue weighted by atomic mass is 9.65. The molecule has 0 radical (unpaired) electrons. The summed E-state index contributed by atoms with van der Waals surface area (Å²) in [5.74, 6) is -2.81. The predicted molar refractivity (Wildman–Crippen MR) is 157 cm³/mol. The van der Waals surface area contributed by atoms with Gasteiger partial charge in [0.25, 0.3) is 5.91 Å². The third-order valence-electron chi connectivity index (χ3n) is 9.27. The number of likely N-dealkylation sites (tertiary alicyclic amines) is 1. The Bertz CT molecular complexity index is 1360. The van der Waals surface area contributed by atoms with Gasteiger partial charge in [-0.2, -0.15) is 0 Å². The van der Waals surface area contributed by atoms with E-state index in [0.717, 1.165) is 10.8 Å². The fourth-order valence-corrected chi connectivity index (χ4v) is 7.29. The number of allylic oxidation sites excluding steroid dienone is 1. The average molecular weight is 561 g/mol. The van der Waals surface area contributed by atoms with Crippen molar-refractivity contribution in [3.63, 3.8) is 0 Å². The number of unbranched alkanes of at least 4 members (excludes halogenated alkanes) is 1. The van der Waals surface area contributed by atoms with Gasteiger partial charge in [0.1, 0.15) is 17.6 Å². The molecule has 3 saturated heterocycles. The van der Waals surface area contributed by atoms with Gasteiger partial charge in [-0.15, -0.1) is 13.2 Å². The molecule has 3 aliphatic rings. The minimum Gasteiger partial charge on any atom is -0.465 e. The second-order valence-electron chi connectivity index (χ2n) is 11.5. The smallest absolute Gasteiger partial charge is 0.312 e. The van der Waals surface area contributed by atoms with Crippen LogP contribution in [0.2, 0.25) is 0 Å². The minimum atomic E-state index is -1.20. The molecule has 1 N–H and O–H groups in total. The van der Waals surface area contributed by atoms with E-state index in [9.17, 15) is 19.5 Å². The highest BCUT2D eigenvalue weighted by Gasteiger charge is 2.79. The first-order chi connectivity index (χ1) is 19.8. The predicted octanol–water partition coefficient (Wildman–Crippen LogP) is 4.40. The monoisotopic (exact) mass is 560 g/mol. The number of benzene rings is 2. The van der Waals surface area contributed by atoms with Crippen molar-refractivity contribution in [3.05, 3.63) is 67.8 Å². The molecule has 8 nitrogen and oxygen atoms in total. The molecular weight excluding hydrogens is 520 g/mol. The second kappa shape index (κ2) is 11.4. The normalized spacial score (nSPS) is 28.9. The molecule has 2 aromatic rings. The van der Waals surface area contributed by atoms with Crippen LogP contribution >= 0.6 is 0 Å². The van der Waals surface area contributed by atoms with Crippen LogP contribution < -0.4 is 4.90 Å². The lowest BCUT2D eigenvalue weighted by Crippen LogP contribution is -2.58. The van der Waals surface area contributed by atoms with Gasteiger partial charge in [-0.25, -0.2) is 0 Å². The Morgan fingerprint density at radius 1 is 1.20 bits per heavy atom. The summed E-state index contributed by atoms with van der Waals surface area (Å²) in [4.78, 5) is 45.6. The van der Waals surface area contributed by atoms with Gasteiger partial charge >= 0.3 is 5.97 Å². The van der Waals surface area contributed by atoms with Crippen LogP contribution in [0.1, 0.15) is 46.0 Å². The highest BCUT2D eigenvalue weighted by molar-refractivity contribution is 6.05. The van der Waals surface area contributed by atoms with E-state index in [1.807, 2.05) is 49.4 Å². The van der Waals surface area contributed by atoms with Crippen molar-refractivity contribution >= 4 is 34.2 Å². The van der Waals surface area contributed by atoms with Crippen molar-refractivity contribution in [1.82, 2.24) is 4.90 Å². The van der Waals surface area contributed by atoms with Crippen molar-refractivity contribution in [2.75, 3.05) is 24.7 Å². The maximum absolute atomic E-state index is 14.7. The molecule has 1 spiro atoms. The fourth-order valence-electron chi connectivity index (χ4n) is 7.29. The van der Waals surface area contributed by atoms with Crippen molar-refractivity contribution < 1.29 is 29.0 Å². The number of carbonyl (C=O) groups excluding carboxylic acids is 3. The van der Waals surface area contributed by atoms with Gasteiger partial charge in [-0.05, 0) is 61.9 Å². The summed E-state index contributed by atoms with van der Waals surface area (Å²) in [5, 5.41) is 12.2. The van der Waals surface area contributed by atoms with E-state index < -0.39 is 41.1 Å². The van der Waals surface area contributed by atoms with Gasteiger partial charge in [-0.1, -0.05) is 49.4 Å². The molecule has 5 rings (SSSR count). The molecule has 218 valence electrons. The van der Waals surface area contributed by atoms with Crippen LogP contribution in [0, 0.1) is 11.8 Å². The molecule has 6 atom stereocenters.